The Morgan fingerprint density at radius 3 is 2.70 bits per heavy atom. The first-order valence-electron chi connectivity index (χ1n) is 6.84. The normalized spacial score (nSPS) is 25.9. The zero-order chi connectivity index (χ0) is 14.9. The van der Waals surface area contributed by atoms with Gasteiger partial charge >= 0.3 is 0 Å². The number of nitrogens with zero attached hydrogens (tertiary/aromatic N) is 2. The maximum Gasteiger partial charge on any atom is 0.227 e. The monoisotopic (exact) mass is 282 g/mol. The van der Waals surface area contributed by atoms with Crippen LogP contribution in [0, 0.1) is 13.8 Å². The van der Waals surface area contributed by atoms with Crippen LogP contribution in [0.1, 0.15) is 29.9 Å². The molecule has 1 amide bonds. The van der Waals surface area contributed by atoms with Crippen molar-refractivity contribution < 1.29 is 19.2 Å². The number of aryl methyl sites for hydroxylation is 2. The second-order valence-electron chi connectivity index (χ2n) is 5.39. The lowest BCUT2D eigenvalue weighted by Gasteiger charge is -2.28. The molecule has 0 bridgehead atoms. The Kier molecular flexibility index (Phi) is 4.45. The average molecular weight is 282 g/mol. The lowest BCUT2D eigenvalue weighted by Crippen LogP contribution is -2.45. The van der Waals surface area contributed by atoms with Gasteiger partial charge in [0, 0.05) is 19.7 Å². The maximum absolute atomic E-state index is 12.3. The molecule has 0 unspecified atom stereocenters. The molecular weight excluding hydrogens is 260 g/mol. The summed E-state index contributed by atoms with van der Waals surface area (Å²) in [5.74, 6) is 0.631. The second-order valence-corrected chi connectivity index (χ2v) is 5.39. The van der Waals surface area contributed by atoms with Crippen LogP contribution in [0.5, 0.6) is 0 Å². The van der Waals surface area contributed by atoms with Crippen molar-refractivity contribution >= 4 is 5.91 Å². The van der Waals surface area contributed by atoms with Crippen LogP contribution >= 0.6 is 0 Å². The lowest BCUT2D eigenvalue weighted by molar-refractivity contribution is -0.134. The molecule has 3 atom stereocenters. The summed E-state index contributed by atoms with van der Waals surface area (Å²) >= 11 is 0. The molecular formula is C14H22N2O4. The van der Waals surface area contributed by atoms with E-state index in [4.69, 9.17) is 9.26 Å². The molecule has 1 saturated carbocycles. The summed E-state index contributed by atoms with van der Waals surface area (Å²) in [6.07, 6.45) is 0.959. The number of ether oxygens (including phenoxy) is 1. The van der Waals surface area contributed by atoms with E-state index < -0.39 is 6.10 Å². The van der Waals surface area contributed by atoms with Crippen molar-refractivity contribution in [1.82, 2.24) is 10.1 Å². The highest BCUT2D eigenvalue weighted by Gasteiger charge is 2.38. The van der Waals surface area contributed by atoms with Gasteiger partial charge in [0.15, 0.2) is 0 Å². The summed E-state index contributed by atoms with van der Waals surface area (Å²) in [6, 6.07) is -0.187. The Bertz CT molecular complexity index is 466. The van der Waals surface area contributed by atoms with Crippen molar-refractivity contribution in [3.63, 3.8) is 0 Å². The minimum absolute atomic E-state index is 0.0415. The van der Waals surface area contributed by atoms with Gasteiger partial charge in [0.1, 0.15) is 11.9 Å². The molecule has 1 aliphatic carbocycles. The van der Waals surface area contributed by atoms with Crippen LogP contribution in [0.4, 0.5) is 0 Å². The number of hydrogen-bond acceptors (Lipinski definition) is 5. The SMILES string of the molecule is CO[C@@H]1CC[C@@H](N(C)C(=O)Cc2c(C)noc2C)[C@H]1O. The van der Waals surface area contributed by atoms with Gasteiger partial charge in [0.2, 0.25) is 5.91 Å². The molecule has 0 aromatic carbocycles. The molecule has 6 heteroatoms. The van der Waals surface area contributed by atoms with E-state index in [-0.39, 0.29) is 24.5 Å². The van der Waals surface area contributed by atoms with E-state index in [2.05, 4.69) is 5.16 Å². The number of aliphatic hydroxyl groups excluding tert-OH is 1. The predicted octanol–water partition coefficient (Wildman–Crippen LogP) is 0.831. The van der Waals surface area contributed by atoms with Crippen molar-refractivity contribution in [2.75, 3.05) is 14.2 Å². The van der Waals surface area contributed by atoms with Gasteiger partial charge in [0.05, 0.1) is 24.3 Å². The molecule has 1 aromatic rings. The molecule has 6 nitrogen and oxygen atoms in total. The molecule has 0 saturated heterocycles. The molecule has 1 fully saturated rings. The Morgan fingerprint density at radius 2 is 2.20 bits per heavy atom. The zero-order valence-corrected chi connectivity index (χ0v) is 12.4. The molecule has 1 aliphatic rings. The van der Waals surface area contributed by atoms with Gasteiger partial charge in [-0.3, -0.25) is 4.79 Å². The van der Waals surface area contributed by atoms with Gasteiger partial charge in [-0.1, -0.05) is 5.16 Å². The van der Waals surface area contributed by atoms with Gasteiger partial charge < -0.3 is 19.3 Å². The Balaban J connectivity index is 2.03. The van der Waals surface area contributed by atoms with E-state index >= 15 is 0 Å². The van der Waals surface area contributed by atoms with Crippen molar-refractivity contribution in [2.45, 2.75) is 51.4 Å². The fraction of sp³-hybridized carbons (Fsp3) is 0.714. The fourth-order valence-corrected chi connectivity index (χ4v) is 2.82. The van der Waals surface area contributed by atoms with Crippen molar-refractivity contribution in [3.8, 4) is 0 Å². The van der Waals surface area contributed by atoms with E-state index in [0.717, 1.165) is 24.1 Å². The van der Waals surface area contributed by atoms with Crippen LogP contribution < -0.4 is 0 Å². The van der Waals surface area contributed by atoms with Crippen LogP contribution in [-0.2, 0) is 16.0 Å². The smallest absolute Gasteiger partial charge is 0.227 e. The summed E-state index contributed by atoms with van der Waals surface area (Å²) in [5, 5.41) is 14.0. The standard InChI is InChI=1S/C14H22N2O4/c1-8-10(9(2)20-15-8)7-13(17)16(3)11-5-6-12(19-4)14(11)18/h11-12,14,18H,5-7H2,1-4H3/t11-,12-,14-/m1/s1. The predicted molar refractivity (Wildman–Crippen MR) is 72.3 cm³/mol. The van der Waals surface area contributed by atoms with E-state index in [1.807, 2.05) is 6.92 Å². The Labute approximate surface area is 118 Å². The molecule has 0 spiro atoms. The highest BCUT2D eigenvalue weighted by molar-refractivity contribution is 5.79. The molecule has 1 heterocycles. The van der Waals surface area contributed by atoms with E-state index in [9.17, 15) is 9.90 Å². The Hall–Kier alpha value is -1.40. The summed E-state index contributed by atoms with van der Waals surface area (Å²) in [4.78, 5) is 14.0. The van der Waals surface area contributed by atoms with Crippen molar-refractivity contribution in [1.29, 1.82) is 0 Å². The average Bonchev–Trinajstić information content (AvgIpc) is 2.94. The molecule has 0 aliphatic heterocycles. The lowest BCUT2D eigenvalue weighted by atomic mass is 10.1. The molecule has 20 heavy (non-hydrogen) atoms. The largest absolute Gasteiger partial charge is 0.388 e. The number of aromatic nitrogens is 1. The molecule has 2 rings (SSSR count). The third kappa shape index (κ3) is 2.71. The van der Waals surface area contributed by atoms with Crippen LogP contribution in [0.2, 0.25) is 0 Å². The van der Waals surface area contributed by atoms with Gasteiger partial charge in [-0.2, -0.15) is 0 Å². The number of hydrogen-bond donors (Lipinski definition) is 1. The topological polar surface area (TPSA) is 75.8 Å². The summed E-state index contributed by atoms with van der Waals surface area (Å²) in [7, 11) is 3.31. The van der Waals surface area contributed by atoms with Crippen LogP contribution in [0.3, 0.4) is 0 Å². The van der Waals surface area contributed by atoms with Crippen LogP contribution in [0.25, 0.3) is 0 Å². The second kappa shape index (κ2) is 5.93. The first-order chi connectivity index (χ1) is 9.45. The zero-order valence-electron chi connectivity index (χ0n) is 12.4. The quantitative estimate of drug-likeness (QED) is 0.885. The number of rotatable bonds is 4. The van der Waals surface area contributed by atoms with Crippen molar-refractivity contribution in [2.24, 2.45) is 0 Å². The number of carbonyl (C=O) groups excluding carboxylic acids is 1. The van der Waals surface area contributed by atoms with Crippen molar-refractivity contribution in [3.05, 3.63) is 17.0 Å². The Morgan fingerprint density at radius 1 is 1.50 bits per heavy atom. The number of methoxy groups -OCH3 is 1. The number of likely N-dealkylation sites (N-methyl/N-ethyl adjacent to an activating group) is 1. The summed E-state index contributed by atoms with van der Waals surface area (Å²) < 4.78 is 10.3. The van der Waals surface area contributed by atoms with E-state index in [0.29, 0.717) is 5.76 Å². The third-order valence-electron chi connectivity index (χ3n) is 4.22. The van der Waals surface area contributed by atoms with Gasteiger partial charge in [-0.05, 0) is 26.7 Å². The molecule has 1 aromatic heterocycles. The van der Waals surface area contributed by atoms with E-state index in [1.165, 1.54) is 0 Å². The minimum Gasteiger partial charge on any atom is -0.388 e. The third-order valence-corrected chi connectivity index (χ3v) is 4.22. The molecule has 0 radical (unpaired) electrons. The van der Waals surface area contributed by atoms with E-state index in [1.54, 1.807) is 26.0 Å². The highest BCUT2D eigenvalue weighted by Crippen LogP contribution is 2.26. The van der Waals surface area contributed by atoms with Gasteiger partial charge in [-0.15, -0.1) is 0 Å². The molecule has 112 valence electrons. The fourth-order valence-electron chi connectivity index (χ4n) is 2.82. The number of aliphatic hydroxyl groups is 1. The van der Waals surface area contributed by atoms with Crippen LogP contribution in [0.15, 0.2) is 4.52 Å². The maximum atomic E-state index is 12.3. The van der Waals surface area contributed by atoms with Gasteiger partial charge in [-0.25, -0.2) is 0 Å². The van der Waals surface area contributed by atoms with Crippen LogP contribution in [-0.4, -0.2) is 53.5 Å². The number of amides is 1. The summed E-state index contributed by atoms with van der Waals surface area (Å²) in [6.45, 7) is 3.62. The first kappa shape index (κ1) is 15.0. The number of carbonyl (C=O) groups is 1. The first-order valence-corrected chi connectivity index (χ1v) is 6.84. The molecule has 1 N–H and O–H groups in total. The van der Waals surface area contributed by atoms with Gasteiger partial charge in [0.25, 0.3) is 0 Å². The highest BCUT2D eigenvalue weighted by atomic mass is 16.5. The summed E-state index contributed by atoms with van der Waals surface area (Å²) in [5.41, 5.74) is 1.57. The minimum atomic E-state index is -0.626.